The molecule has 1 fully saturated rings. The molecule has 20 heavy (non-hydrogen) atoms. The second-order valence-corrected chi connectivity index (χ2v) is 5.31. The van der Waals surface area contributed by atoms with E-state index in [4.69, 9.17) is 4.74 Å². The molecule has 110 valence electrons. The van der Waals surface area contributed by atoms with E-state index >= 15 is 0 Å². The van der Waals surface area contributed by atoms with Crippen molar-refractivity contribution in [2.45, 2.75) is 0 Å². The highest BCUT2D eigenvalue weighted by Crippen LogP contribution is 2.11. The Balaban J connectivity index is 1.76. The Bertz CT molecular complexity index is 425. The molecular formula is C15H24N3O2+. The molecule has 5 nitrogen and oxygen atoms in total. The zero-order chi connectivity index (χ0) is 14.4. The molecule has 0 atom stereocenters. The highest BCUT2D eigenvalue weighted by Gasteiger charge is 2.13. The quantitative estimate of drug-likeness (QED) is 0.756. The van der Waals surface area contributed by atoms with Crippen LogP contribution in [0, 0.1) is 0 Å². The molecule has 1 amide bonds. The molecule has 5 heteroatoms. The number of anilines is 1. The number of carbonyl (C=O) groups is 1. The summed E-state index contributed by atoms with van der Waals surface area (Å²) in [4.78, 5) is 15.5. The van der Waals surface area contributed by atoms with E-state index in [1.165, 1.54) is 4.90 Å². The first kappa shape index (κ1) is 14.8. The van der Waals surface area contributed by atoms with Crippen LogP contribution >= 0.6 is 0 Å². The zero-order valence-corrected chi connectivity index (χ0v) is 12.3. The number of hydrogen-bond donors (Lipinski definition) is 2. The lowest BCUT2D eigenvalue weighted by atomic mass is 10.2. The van der Waals surface area contributed by atoms with Crippen LogP contribution in [0.15, 0.2) is 24.3 Å². The minimum Gasteiger partial charge on any atom is -0.378 e. The van der Waals surface area contributed by atoms with E-state index in [1.807, 2.05) is 43.3 Å². The maximum atomic E-state index is 12.0. The van der Waals surface area contributed by atoms with Gasteiger partial charge in [0.05, 0.1) is 26.3 Å². The van der Waals surface area contributed by atoms with Gasteiger partial charge in [-0.05, 0) is 24.3 Å². The molecule has 2 N–H and O–H groups in total. The van der Waals surface area contributed by atoms with Crippen LogP contribution in [-0.4, -0.2) is 59.4 Å². The third-order valence-electron chi connectivity index (χ3n) is 3.61. The van der Waals surface area contributed by atoms with Gasteiger partial charge in [-0.3, -0.25) is 4.79 Å². The number of amides is 1. The molecule has 0 spiro atoms. The number of quaternary nitrogens is 1. The second kappa shape index (κ2) is 7.26. The van der Waals surface area contributed by atoms with Gasteiger partial charge < -0.3 is 19.9 Å². The zero-order valence-electron chi connectivity index (χ0n) is 12.3. The Labute approximate surface area is 120 Å². The third kappa shape index (κ3) is 4.21. The maximum Gasteiger partial charge on any atom is 0.251 e. The molecule has 0 bridgehead atoms. The van der Waals surface area contributed by atoms with E-state index in [2.05, 4.69) is 5.32 Å². The van der Waals surface area contributed by atoms with Crippen molar-refractivity contribution in [1.29, 1.82) is 0 Å². The molecule has 1 aliphatic rings. The Morgan fingerprint density at radius 1 is 1.25 bits per heavy atom. The lowest BCUT2D eigenvalue weighted by Crippen LogP contribution is -3.14. The average Bonchev–Trinajstić information content (AvgIpc) is 2.48. The van der Waals surface area contributed by atoms with Gasteiger partial charge in [-0.1, -0.05) is 0 Å². The van der Waals surface area contributed by atoms with Crippen molar-refractivity contribution in [3.05, 3.63) is 29.8 Å². The normalized spacial score (nSPS) is 15.9. The van der Waals surface area contributed by atoms with Crippen molar-refractivity contribution in [2.75, 3.05) is 58.4 Å². The summed E-state index contributed by atoms with van der Waals surface area (Å²) in [7, 11) is 3.97. The van der Waals surface area contributed by atoms with Crippen LogP contribution in [0.5, 0.6) is 0 Å². The van der Waals surface area contributed by atoms with Gasteiger partial charge in [0.1, 0.15) is 13.1 Å². The predicted octanol–water partition coefficient (Wildman–Crippen LogP) is -0.602. The number of hydrogen-bond acceptors (Lipinski definition) is 3. The van der Waals surface area contributed by atoms with Crippen LogP contribution in [0.4, 0.5) is 5.69 Å². The van der Waals surface area contributed by atoms with E-state index in [0.29, 0.717) is 12.1 Å². The van der Waals surface area contributed by atoms with Crippen molar-refractivity contribution in [3.63, 3.8) is 0 Å². The SMILES string of the molecule is CN(C)c1ccc(C(=O)NCC[NH+]2CCOCC2)cc1. The predicted molar refractivity (Wildman–Crippen MR) is 79.5 cm³/mol. The van der Waals surface area contributed by atoms with E-state index in [9.17, 15) is 4.79 Å². The summed E-state index contributed by atoms with van der Waals surface area (Å²) in [6.45, 7) is 5.40. The molecule has 1 aromatic carbocycles. The van der Waals surface area contributed by atoms with Crippen LogP contribution in [0.25, 0.3) is 0 Å². The monoisotopic (exact) mass is 278 g/mol. The number of ether oxygens (including phenoxy) is 1. The van der Waals surface area contributed by atoms with Crippen molar-refractivity contribution < 1.29 is 14.4 Å². The van der Waals surface area contributed by atoms with Crippen LogP contribution in [0.1, 0.15) is 10.4 Å². The second-order valence-electron chi connectivity index (χ2n) is 5.31. The van der Waals surface area contributed by atoms with Crippen molar-refractivity contribution >= 4 is 11.6 Å². The molecule has 1 aromatic rings. The summed E-state index contributed by atoms with van der Waals surface area (Å²) in [5, 5.41) is 2.98. The fraction of sp³-hybridized carbons (Fsp3) is 0.533. The van der Waals surface area contributed by atoms with Crippen molar-refractivity contribution in [3.8, 4) is 0 Å². The molecule has 0 unspecified atom stereocenters. The Morgan fingerprint density at radius 3 is 2.50 bits per heavy atom. The van der Waals surface area contributed by atoms with E-state index in [0.717, 1.165) is 38.5 Å². The van der Waals surface area contributed by atoms with Gasteiger partial charge >= 0.3 is 0 Å². The van der Waals surface area contributed by atoms with Crippen LogP contribution < -0.4 is 15.1 Å². The van der Waals surface area contributed by atoms with E-state index < -0.39 is 0 Å². The first-order valence-corrected chi connectivity index (χ1v) is 7.14. The van der Waals surface area contributed by atoms with Crippen LogP contribution in [0.3, 0.4) is 0 Å². The van der Waals surface area contributed by atoms with Crippen LogP contribution in [0.2, 0.25) is 0 Å². The molecule has 1 heterocycles. The van der Waals surface area contributed by atoms with Gasteiger partial charge in [0.25, 0.3) is 5.91 Å². The third-order valence-corrected chi connectivity index (χ3v) is 3.61. The van der Waals surface area contributed by atoms with E-state index in [-0.39, 0.29) is 5.91 Å². The Kier molecular flexibility index (Phi) is 5.38. The highest BCUT2D eigenvalue weighted by atomic mass is 16.5. The average molecular weight is 278 g/mol. The molecular weight excluding hydrogens is 254 g/mol. The largest absolute Gasteiger partial charge is 0.378 e. The fourth-order valence-corrected chi connectivity index (χ4v) is 2.28. The molecule has 0 radical (unpaired) electrons. The first-order chi connectivity index (χ1) is 9.66. The smallest absolute Gasteiger partial charge is 0.251 e. The van der Waals surface area contributed by atoms with Gasteiger partial charge in [0.15, 0.2) is 0 Å². The van der Waals surface area contributed by atoms with Crippen molar-refractivity contribution in [2.24, 2.45) is 0 Å². The topological polar surface area (TPSA) is 46.0 Å². The fourth-order valence-electron chi connectivity index (χ4n) is 2.28. The number of carbonyl (C=O) groups excluding carboxylic acids is 1. The molecule has 0 aromatic heterocycles. The molecule has 1 aliphatic heterocycles. The van der Waals surface area contributed by atoms with E-state index in [1.54, 1.807) is 0 Å². The number of benzene rings is 1. The molecule has 0 saturated carbocycles. The first-order valence-electron chi connectivity index (χ1n) is 7.14. The number of nitrogens with one attached hydrogen (secondary N) is 2. The number of rotatable bonds is 5. The van der Waals surface area contributed by atoms with Gasteiger partial charge in [-0.15, -0.1) is 0 Å². The summed E-state index contributed by atoms with van der Waals surface area (Å²) in [6.07, 6.45) is 0. The highest BCUT2D eigenvalue weighted by molar-refractivity contribution is 5.94. The number of morpholine rings is 1. The number of nitrogens with zero attached hydrogens (tertiary/aromatic N) is 1. The lowest BCUT2D eigenvalue weighted by molar-refractivity contribution is -0.906. The maximum absolute atomic E-state index is 12.0. The van der Waals surface area contributed by atoms with Gasteiger partial charge in [-0.25, -0.2) is 0 Å². The summed E-state index contributed by atoms with van der Waals surface area (Å²) in [6, 6.07) is 7.66. The van der Waals surface area contributed by atoms with Gasteiger partial charge in [0, 0.05) is 25.3 Å². The minimum atomic E-state index is 0.00275. The lowest BCUT2D eigenvalue weighted by Gasteiger charge is -2.23. The van der Waals surface area contributed by atoms with Crippen LogP contribution in [-0.2, 0) is 4.74 Å². The molecule has 0 aliphatic carbocycles. The summed E-state index contributed by atoms with van der Waals surface area (Å²) in [5.74, 6) is 0.00275. The van der Waals surface area contributed by atoms with Gasteiger partial charge in [-0.2, -0.15) is 0 Å². The Morgan fingerprint density at radius 2 is 1.90 bits per heavy atom. The summed E-state index contributed by atoms with van der Waals surface area (Å²) >= 11 is 0. The summed E-state index contributed by atoms with van der Waals surface area (Å²) < 4.78 is 5.31. The Hall–Kier alpha value is -1.59. The molecule has 1 saturated heterocycles. The minimum absolute atomic E-state index is 0.00275. The van der Waals surface area contributed by atoms with Crippen molar-refractivity contribution in [1.82, 2.24) is 5.32 Å². The van der Waals surface area contributed by atoms with Gasteiger partial charge in [0.2, 0.25) is 0 Å². The molecule has 2 rings (SSSR count). The summed E-state index contributed by atoms with van der Waals surface area (Å²) in [5.41, 5.74) is 1.81. The standard InChI is InChI=1S/C15H23N3O2/c1-17(2)14-5-3-13(4-6-14)15(19)16-7-8-18-9-11-20-12-10-18/h3-6H,7-12H2,1-2H3,(H,16,19)/p+1.